The lowest BCUT2D eigenvalue weighted by atomic mass is 10.3. The first kappa shape index (κ1) is 11.6. The molecule has 3 nitrogen and oxygen atoms in total. The summed E-state index contributed by atoms with van der Waals surface area (Å²) in [6, 6.07) is 2.95. The van der Waals surface area contributed by atoms with E-state index in [0.717, 1.165) is 0 Å². The van der Waals surface area contributed by atoms with Gasteiger partial charge in [-0.25, -0.2) is 4.99 Å². The summed E-state index contributed by atoms with van der Waals surface area (Å²) >= 11 is 14.4. The van der Waals surface area contributed by atoms with E-state index in [2.05, 4.69) is 20.9 Å². The molecule has 0 saturated heterocycles. The minimum atomic E-state index is -0.0454. The fourth-order valence-electron chi connectivity index (χ4n) is 0.797. The second kappa shape index (κ2) is 4.87. The monoisotopic (exact) mass is 296 g/mol. The molecule has 76 valence electrons. The van der Waals surface area contributed by atoms with Gasteiger partial charge in [0, 0.05) is 10.5 Å². The molecule has 0 aliphatic carbocycles. The molecule has 1 rings (SSSR count). The van der Waals surface area contributed by atoms with Crippen molar-refractivity contribution >= 4 is 50.7 Å². The Hall–Kier alpha value is -0.450. The minimum Gasteiger partial charge on any atom is -0.506 e. The fourth-order valence-corrected chi connectivity index (χ4v) is 1.58. The smallest absolute Gasteiger partial charge is 0.136 e. The average molecular weight is 298 g/mol. The first-order chi connectivity index (χ1) is 6.54. The van der Waals surface area contributed by atoms with E-state index >= 15 is 0 Å². The van der Waals surface area contributed by atoms with Crippen LogP contribution in [0, 0.1) is 0 Å². The molecule has 0 spiro atoms. The zero-order valence-corrected chi connectivity index (χ0v) is 10.1. The molecule has 0 bridgehead atoms. The Morgan fingerprint density at radius 1 is 1.57 bits per heavy atom. The van der Waals surface area contributed by atoms with Crippen LogP contribution < -0.4 is 5.73 Å². The van der Waals surface area contributed by atoms with E-state index in [1.54, 1.807) is 0 Å². The molecule has 0 saturated carbocycles. The summed E-state index contributed by atoms with van der Waals surface area (Å²) in [6.07, 6.45) is 0. The summed E-state index contributed by atoms with van der Waals surface area (Å²) in [5.74, 6) is 0.362. The number of amidine groups is 1. The maximum absolute atomic E-state index is 9.31. The molecule has 14 heavy (non-hydrogen) atoms. The molecule has 0 aliphatic heterocycles. The van der Waals surface area contributed by atoms with Crippen LogP contribution in [0.15, 0.2) is 21.6 Å². The highest BCUT2D eigenvalue weighted by Gasteiger charge is 2.05. The van der Waals surface area contributed by atoms with Gasteiger partial charge >= 0.3 is 0 Å². The predicted molar refractivity (Wildman–Crippen MR) is 62.8 cm³/mol. The van der Waals surface area contributed by atoms with Crippen LogP contribution in [0.3, 0.4) is 0 Å². The predicted octanol–water partition coefficient (Wildman–Crippen LogP) is 3.04. The van der Waals surface area contributed by atoms with Crippen molar-refractivity contribution < 1.29 is 5.11 Å². The number of aliphatic imine (C=N–C) groups is 1. The first-order valence-electron chi connectivity index (χ1n) is 3.61. The molecular formula is C8H7BrCl2N2O. The third-order valence-electron chi connectivity index (χ3n) is 1.42. The Labute approximate surface area is 99.7 Å². The van der Waals surface area contributed by atoms with E-state index in [4.69, 9.17) is 28.9 Å². The molecule has 3 N–H and O–H groups in total. The highest BCUT2D eigenvalue weighted by Crippen LogP contribution is 2.35. The molecule has 0 atom stereocenters. The summed E-state index contributed by atoms with van der Waals surface area (Å²) < 4.78 is 0.647. The number of aromatic hydroxyl groups is 1. The standard InChI is InChI=1S/C8H7BrCl2N2O/c9-4-1-5(11)7(14)2-6(4)13-8(12)3-10/h1-2,14H,3H2,(H2,12,13). The van der Waals surface area contributed by atoms with Crippen molar-refractivity contribution in [2.75, 3.05) is 5.88 Å². The summed E-state index contributed by atoms with van der Waals surface area (Å²) in [5, 5.41) is 9.56. The number of nitrogens with two attached hydrogens (primary N) is 1. The van der Waals surface area contributed by atoms with Crippen LogP contribution in [0.25, 0.3) is 0 Å². The molecule has 1 aromatic carbocycles. The number of phenolic OH excluding ortho intramolecular Hbond substituents is 1. The number of alkyl halides is 1. The van der Waals surface area contributed by atoms with Gasteiger partial charge in [-0.15, -0.1) is 11.6 Å². The fraction of sp³-hybridized carbons (Fsp3) is 0.125. The van der Waals surface area contributed by atoms with E-state index in [1.807, 2.05) is 0 Å². The van der Waals surface area contributed by atoms with E-state index < -0.39 is 0 Å². The van der Waals surface area contributed by atoms with Gasteiger partial charge in [-0.1, -0.05) is 11.6 Å². The van der Waals surface area contributed by atoms with Gasteiger partial charge in [0.2, 0.25) is 0 Å². The lowest BCUT2D eigenvalue weighted by molar-refractivity contribution is 0.475. The van der Waals surface area contributed by atoms with Crippen molar-refractivity contribution in [3.63, 3.8) is 0 Å². The van der Waals surface area contributed by atoms with Crippen LogP contribution in [-0.2, 0) is 0 Å². The molecule has 0 radical (unpaired) electrons. The van der Waals surface area contributed by atoms with Crippen LogP contribution in [0.2, 0.25) is 5.02 Å². The highest BCUT2D eigenvalue weighted by atomic mass is 79.9. The van der Waals surface area contributed by atoms with E-state index in [9.17, 15) is 5.11 Å². The first-order valence-corrected chi connectivity index (χ1v) is 5.32. The Balaban J connectivity index is 3.16. The number of nitrogens with zero attached hydrogens (tertiary/aromatic N) is 1. The molecule has 1 aromatic rings. The van der Waals surface area contributed by atoms with Crippen molar-refractivity contribution in [2.24, 2.45) is 10.7 Å². The lowest BCUT2D eigenvalue weighted by Crippen LogP contribution is -2.12. The van der Waals surface area contributed by atoms with Crippen molar-refractivity contribution in [2.45, 2.75) is 0 Å². The van der Waals surface area contributed by atoms with E-state index in [1.165, 1.54) is 12.1 Å². The average Bonchev–Trinajstić information content (AvgIpc) is 2.14. The Morgan fingerprint density at radius 3 is 2.79 bits per heavy atom. The van der Waals surface area contributed by atoms with Gasteiger partial charge in [0.1, 0.15) is 11.6 Å². The van der Waals surface area contributed by atoms with Crippen LogP contribution in [-0.4, -0.2) is 16.8 Å². The Kier molecular flexibility index (Phi) is 4.04. The molecule has 0 fully saturated rings. The Bertz CT molecular complexity index is 382. The normalized spacial score (nSPS) is 11.8. The quantitative estimate of drug-likeness (QED) is 0.501. The largest absolute Gasteiger partial charge is 0.506 e. The van der Waals surface area contributed by atoms with Crippen molar-refractivity contribution in [3.8, 4) is 5.75 Å². The van der Waals surface area contributed by atoms with E-state index in [0.29, 0.717) is 10.2 Å². The van der Waals surface area contributed by atoms with Gasteiger partial charge in [-0.05, 0) is 22.0 Å². The maximum atomic E-state index is 9.31. The highest BCUT2D eigenvalue weighted by molar-refractivity contribution is 9.10. The van der Waals surface area contributed by atoms with Gasteiger partial charge in [0.15, 0.2) is 0 Å². The molecule has 0 aromatic heterocycles. The van der Waals surface area contributed by atoms with Crippen molar-refractivity contribution in [1.29, 1.82) is 0 Å². The lowest BCUT2D eigenvalue weighted by Gasteiger charge is -2.02. The molecule has 6 heteroatoms. The molecular weight excluding hydrogens is 291 g/mol. The topological polar surface area (TPSA) is 58.6 Å². The second-order valence-electron chi connectivity index (χ2n) is 2.49. The zero-order valence-electron chi connectivity index (χ0n) is 6.97. The summed E-state index contributed by atoms with van der Waals surface area (Å²) in [7, 11) is 0. The van der Waals surface area contributed by atoms with Crippen LogP contribution in [0.5, 0.6) is 5.75 Å². The Morgan fingerprint density at radius 2 is 2.21 bits per heavy atom. The minimum absolute atomic E-state index is 0.0454. The number of phenols is 1. The number of benzene rings is 1. The van der Waals surface area contributed by atoms with E-state index in [-0.39, 0.29) is 22.5 Å². The third kappa shape index (κ3) is 2.77. The third-order valence-corrected chi connectivity index (χ3v) is 2.63. The van der Waals surface area contributed by atoms with Gasteiger partial charge in [0.25, 0.3) is 0 Å². The summed E-state index contributed by atoms with van der Waals surface area (Å²) in [6.45, 7) is 0. The molecule has 0 aliphatic rings. The molecule has 0 heterocycles. The van der Waals surface area contributed by atoms with Gasteiger partial charge in [-0.2, -0.15) is 0 Å². The second-order valence-corrected chi connectivity index (χ2v) is 4.02. The number of hydrogen-bond donors (Lipinski definition) is 2. The van der Waals surface area contributed by atoms with Crippen LogP contribution >= 0.6 is 39.1 Å². The van der Waals surface area contributed by atoms with Gasteiger partial charge in [0.05, 0.1) is 16.6 Å². The van der Waals surface area contributed by atoms with Crippen LogP contribution in [0.1, 0.15) is 0 Å². The van der Waals surface area contributed by atoms with Crippen molar-refractivity contribution in [3.05, 3.63) is 21.6 Å². The summed E-state index contributed by atoms with van der Waals surface area (Å²) in [4.78, 5) is 3.98. The van der Waals surface area contributed by atoms with Gasteiger partial charge in [-0.3, -0.25) is 0 Å². The van der Waals surface area contributed by atoms with Crippen LogP contribution in [0.4, 0.5) is 5.69 Å². The maximum Gasteiger partial charge on any atom is 0.136 e. The number of hydrogen-bond acceptors (Lipinski definition) is 2. The number of rotatable bonds is 2. The molecule has 0 unspecified atom stereocenters. The number of halogens is 3. The molecule has 0 amide bonds. The van der Waals surface area contributed by atoms with Crippen molar-refractivity contribution in [1.82, 2.24) is 0 Å². The SMILES string of the molecule is NC(CCl)=Nc1cc(O)c(Cl)cc1Br. The van der Waals surface area contributed by atoms with Gasteiger partial charge < -0.3 is 10.8 Å². The summed E-state index contributed by atoms with van der Waals surface area (Å²) in [5.41, 5.74) is 5.94. The zero-order chi connectivity index (χ0) is 10.7.